The molecule has 1 aliphatic carbocycles. The molecule has 1 saturated carbocycles. The quantitative estimate of drug-likeness (QED) is 0.375. The van der Waals surface area contributed by atoms with Crippen molar-refractivity contribution in [3.63, 3.8) is 0 Å². The molecule has 0 heterocycles. The van der Waals surface area contributed by atoms with Crippen LogP contribution in [-0.4, -0.2) is 11.9 Å². The fourth-order valence-corrected chi connectivity index (χ4v) is 2.41. The lowest BCUT2D eigenvalue weighted by atomic mass is 9.96. The Balaban J connectivity index is 2.20. The lowest BCUT2D eigenvalue weighted by Crippen LogP contribution is -2.32. The van der Waals surface area contributed by atoms with Gasteiger partial charge in [-0.1, -0.05) is 30.9 Å². The number of aliphatic imine (C=N–C) groups is 1. The van der Waals surface area contributed by atoms with Gasteiger partial charge in [0.25, 0.3) is 0 Å². The van der Waals surface area contributed by atoms with E-state index in [-0.39, 0.29) is 5.02 Å². The molecule has 98 valence electrons. The largest absolute Gasteiger partial charge is 0.308 e. The maximum atomic E-state index is 13.1. The van der Waals surface area contributed by atoms with Crippen LogP contribution in [-0.2, 0) is 0 Å². The summed E-state index contributed by atoms with van der Waals surface area (Å²) in [5.74, 6) is 5.63. The number of nitrogens with zero attached hydrogens (tertiary/aromatic N) is 1. The molecule has 3 nitrogen and oxygen atoms in total. The Bertz CT molecular complexity index is 442. The molecule has 3 N–H and O–H groups in total. The van der Waals surface area contributed by atoms with Gasteiger partial charge < -0.3 is 5.43 Å². The first-order valence-electron chi connectivity index (χ1n) is 6.20. The van der Waals surface area contributed by atoms with Crippen molar-refractivity contribution in [1.82, 2.24) is 5.43 Å². The molecule has 1 aromatic carbocycles. The lowest BCUT2D eigenvalue weighted by Gasteiger charge is -2.19. The number of benzene rings is 1. The van der Waals surface area contributed by atoms with Crippen LogP contribution in [0.3, 0.4) is 0 Å². The van der Waals surface area contributed by atoms with Gasteiger partial charge in [-0.3, -0.25) is 4.99 Å². The summed E-state index contributed by atoms with van der Waals surface area (Å²) in [6.45, 7) is 0. The molecule has 1 aromatic rings. The van der Waals surface area contributed by atoms with Crippen molar-refractivity contribution in [2.75, 3.05) is 0 Å². The molecule has 0 bridgehead atoms. The van der Waals surface area contributed by atoms with Gasteiger partial charge in [-0.05, 0) is 31.0 Å². The van der Waals surface area contributed by atoms with Gasteiger partial charge in [0.1, 0.15) is 11.7 Å². The van der Waals surface area contributed by atoms with Crippen LogP contribution in [0.5, 0.6) is 0 Å². The van der Waals surface area contributed by atoms with Gasteiger partial charge in [0, 0.05) is 5.56 Å². The van der Waals surface area contributed by atoms with E-state index in [0.717, 1.165) is 18.4 Å². The summed E-state index contributed by atoms with van der Waals surface area (Å²) in [5.41, 5.74) is 3.30. The summed E-state index contributed by atoms with van der Waals surface area (Å²) >= 11 is 5.76. The van der Waals surface area contributed by atoms with E-state index in [1.807, 2.05) is 0 Å². The highest BCUT2D eigenvalue weighted by atomic mass is 35.5. The fourth-order valence-electron chi connectivity index (χ4n) is 2.23. The number of nitrogens with two attached hydrogens (primary N) is 1. The van der Waals surface area contributed by atoms with Gasteiger partial charge >= 0.3 is 0 Å². The van der Waals surface area contributed by atoms with Crippen LogP contribution in [0.4, 0.5) is 4.39 Å². The van der Waals surface area contributed by atoms with E-state index in [0.29, 0.717) is 11.9 Å². The third kappa shape index (κ3) is 3.21. The summed E-state index contributed by atoms with van der Waals surface area (Å²) in [6.07, 6.45) is 5.85. The second kappa shape index (κ2) is 6.16. The monoisotopic (exact) mass is 269 g/mol. The highest BCUT2D eigenvalue weighted by Crippen LogP contribution is 2.21. The normalized spacial score (nSPS) is 17.8. The van der Waals surface area contributed by atoms with Gasteiger partial charge in [0.05, 0.1) is 11.1 Å². The molecule has 5 heteroatoms. The minimum Gasteiger partial charge on any atom is -0.308 e. The van der Waals surface area contributed by atoms with Crippen LogP contribution < -0.4 is 11.3 Å². The SMILES string of the molecule is NNC(=NC1CCCCC1)c1ccc(F)c(Cl)c1. The second-order valence-electron chi connectivity index (χ2n) is 4.54. The molecular weight excluding hydrogens is 253 g/mol. The third-order valence-corrected chi connectivity index (χ3v) is 3.51. The Morgan fingerprint density at radius 1 is 1.33 bits per heavy atom. The zero-order valence-corrected chi connectivity index (χ0v) is 10.9. The summed E-state index contributed by atoms with van der Waals surface area (Å²) in [7, 11) is 0. The molecule has 0 aromatic heterocycles. The van der Waals surface area contributed by atoms with E-state index in [1.54, 1.807) is 12.1 Å². The smallest absolute Gasteiger partial charge is 0.142 e. The van der Waals surface area contributed by atoms with Gasteiger partial charge in [-0.15, -0.1) is 0 Å². The highest BCUT2D eigenvalue weighted by molar-refractivity contribution is 6.31. The van der Waals surface area contributed by atoms with Crippen molar-refractivity contribution in [1.29, 1.82) is 0 Å². The van der Waals surface area contributed by atoms with Crippen molar-refractivity contribution in [3.8, 4) is 0 Å². The lowest BCUT2D eigenvalue weighted by molar-refractivity contribution is 0.442. The minimum absolute atomic E-state index is 0.0825. The molecule has 0 unspecified atom stereocenters. The molecule has 0 atom stereocenters. The first kappa shape index (κ1) is 13.3. The predicted molar refractivity (Wildman–Crippen MR) is 72.1 cm³/mol. The number of halogens is 2. The van der Waals surface area contributed by atoms with Gasteiger partial charge in [-0.2, -0.15) is 0 Å². The second-order valence-corrected chi connectivity index (χ2v) is 4.95. The predicted octanol–water partition coefficient (Wildman–Crippen LogP) is 3.02. The van der Waals surface area contributed by atoms with Crippen LogP contribution in [0.2, 0.25) is 5.02 Å². The first-order valence-corrected chi connectivity index (χ1v) is 6.58. The number of hydrogen-bond donors (Lipinski definition) is 2. The molecule has 0 saturated heterocycles. The van der Waals surface area contributed by atoms with Gasteiger partial charge in [0.2, 0.25) is 0 Å². The van der Waals surface area contributed by atoms with Crippen LogP contribution in [0, 0.1) is 5.82 Å². The number of hydrazine groups is 1. The standard InChI is InChI=1S/C13H17ClFN3/c14-11-8-9(6-7-12(11)15)13(18-16)17-10-4-2-1-3-5-10/h6-8,10H,1-5,16H2,(H,17,18). The topological polar surface area (TPSA) is 50.4 Å². The minimum atomic E-state index is -0.436. The van der Waals surface area contributed by atoms with Gasteiger partial charge in [-0.25, -0.2) is 10.2 Å². The molecule has 0 radical (unpaired) electrons. The average Bonchev–Trinajstić information content (AvgIpc) is 2.40. The number of nitrogens with one attached hydrogen (secondary N) is 1. The summed E-state index contributed by atoms with van der Waals surface area (Å²) in [5, 5.41) is 0.0825. The van der Waals surface area contributed by atoms with E-state index in [1.165, 1.54) is 25.3 Å². The van der Waals surface area contributed by atoms with E-state index in [2.05, 4.69) is 10.4 Å². The summed E-state index contributed by atoms with van der Waals surface area (Å²) in [4.78, 5) is 4.59. The molecule has 2 rings (SSSR count). The molecule has 0 spiro atoms. The molecule has 0 amide bonds. The van der Waals surface area contributed by atoms with Crippen LogP contribution in [0.15, 0.2) is 23.2 Å². The van der Waals surface area contributed by atoms with Crippen LogP contribution >= 0.6 is 11.6 Å². The van der Waals surface area contributed by atoms with Crippen molar-refractivity contribution < 1.29 is 4.39 Å². The van der Waals surface area contributed by atoms with E-state index >= 15 is 0 Å². The zero-order chi connectivity index (χ0) is 13.0. The highest BCUT2D eigenvalue weighted by Gasteiger charge is 2.14. The third-order valence-electron chi connectivity index (χ3n) is 3.22. The molecule has 18 heavy (non-hydrogen) atoms. The van der Waals surface area contributed by atoms with E-state index in [4.69, 9.17) is 17.4 Å². The zero-order valence-electron chi connectivity index (χ0n) is 10.1. The summed E-state index contributed by atoms with van der Waals surface area (Å²) < 4.78 is 13.1. The maximum absolute atomic E-state index is 13.1. The van der Waals surface area contributed by atoms with Crippen molar-refractivity contribution in [2.24, 2.45) is 10.8 Å². The molecule has 1 fully saturated rings. The summed E-state index contributed by atoms with van der Waals surface area (Å²) in [6, 6.07) is 4.79. The molecule has 0 aliphatic heterocycles. The average molecular weight is 270 g/mol. The molecular formula is C13H17ClFN3. The van der Waals surface area contributed by atoms with E-state index < -0.39 is 5.82 Å². The number of hydrogen-bond acceptors (Lipinski definition) is 2. The Kier molecular flexibility index (Phi) is 4.55. The van der Waals surface area contributed by atoms with Crippen LogP contribution in [0.25, 0.3) is 0 Å². The van der Waals surface area contributed by atoms with Crippen molar-refractivity contribution in [3.05, 3.63) is 34.6 Å². The van der Waals surface area contributed by atoms with E-state index in [9.17, 15) is 4.39 Å². The molecule has 1 aliphatic rings. The Morgan fingerprint density at radius 3 is 2.67 bits per heavy atom. The van der Waals surface area contributed by atoms with Crippen molar-refractivity contribution in [2.45, 2.75) is 38.1 Å². The fraction of sp³-hybridized carbons (Fsp3) is 0.462. The Hall–Kier alpha value is -1.13. The van der Waals surface area contributed by atoms with Crippen molar-refractivity contribution >= 4 is 17.4 Å². The van der Waals surface area contributed by atoms with Crippen LogP contribution in [0.1, 0.15) is 37.7 Å². The van der Waals surface area contributed by atoms with Gasteiger partial charge in [0.15, 0.2) is 0 Å². The Morgan fingerprint density at radius 2 is 2.06 bits per heavy atom. The number of rotatable bonds is 2. The first-order chi connectivity index (χ1) is 8.70. The maximum Gasteiger partial charge on any atom is 0.142 e. The Labute approximate surface area is 111 Å². The number of amidine groups is 1.